The van der Waals surface area contributed by atoms with Crippen LogP contribution in [0.2, 0.25) is 0 Å². The van der Waals surface area contributed by atoms with Crippen LogP contribution in [0.5, 0.6) is 0 Å². The highest BCUT2D eigenvalue weighted by molar-refractivity contribution is 5.90. The second-order valence-electron chi connectivity index (χ2n) is 4.15. The lowest BCUT2D eigenvalue weighted by atomic mass is 10.2. The highest BCUT2D eigenvalue weighted by Gasteiger charge is 2.00. The minimum absolute atomic E-state index is 0.00661. The minimum Gasteiger partial charge on any atom is -0.340 e. The van der Waals surface area contributed by atoms with Crippen LogP contribution in [0.1, 0.15) is 19.0 Å². The number of rotatable bonds is 4. The number of anilines is 3. The van der Waals surface area contributed by atoms with Crippen LogP contribution in [0.3, 0.4) is 0 Å². The summed E-state index contributed by atoms with van der Waals surface area (Å²) in [4.78, 5) is 19.4. The Bertz CT molecular complexity index is 566. The van der Waals surface area contributed by atoms with E-state index < -0.39 is 0 Å². The molecule has 5 nitrogen and oxygen atoms in total. The lowest BCUT2D eigenvalue weighted by Crippen LogP contribution is -2.09. The summed E-state index contributed by atoms with van der Waals surface area (Å²) in [6, 6.07) is 9.35. The maximum atomic E-state index is 11.3. The zero-order chi connectivity index (χ0) is 13.7. The predicted molar refractivity (Wildman–Crippen MR) is 75.4 cm³/mol. The molecule has 2 rings (SSSR count). The maximum Gasteiger partial charge on any atom is 0.224 e. The van der Waals surface area contributed by atoms with Crippen LogP contribution in [-0.2, 0) is 4.79 Å². The van der Waals surface area contributed by atoms with E-state index in [9.17, 15) is 4.79 Å². The van der Waals surface area contributed by atoms with Gasteiger partial charge < -0.3 is 10.6 Å². The standard InChI is InChI=1S/C14H16N4O/c1-3-14(19)18-12-6-4-11(5-7-12)17-13-8-10(2)15-9-16-13/h4-9H,3H2,1-2H3,(H,18,19)(H,15,16,17). The van der Waals surface area contributed by atoms with Crippen molar-refractivity contribution in [1.82, 2.24) is 9.97 Å². The zero-order valence-corrected chi connectivity index (χ0v) is 11.0. The molecule has 1 aromatic carbocycles. The van der Waals surface area contributed by atoms with Crippen molar-refractivity contribution in [3.8, 4) is 0 Å². The van der Waals surface area contributed by atoms with Crippen molar-refractivity contribution in [2.45, 2.75) is 20.3 Å². The number of amides is 1. The van der Waals surface area contributed by atoms with Crippen LogP contribution in [0.4, 0.5) is 17.2 Å². The first-order valence-corrected chi connectivity index (χ1v) is 6.13. The van der Waals surface area contributed by atoms with E-state index in [1.165, 1.54) is 6.33 Å². The molecule has 1 heterocycles. The van der Waals surface area contributed by atoms with E-state index in [-0.39, 0.29) is 5.91 Å². The Hall–Kier alpha value is -2.43. The van der Waals surface area contributed by atoms with Crippen LogP contribution < -0.4 is 10.6 Å². The van der Waals surface area contributed by atoms with Crippen molar-refractivity contribution >= 4 is 23.1 Å². The van der Waals surface area contributed by atoms with Gasteiger partial charge in [0.05, 0.1) is 0 Å². The molecule has 0 aliphatic heterocycles. The topological polar surface area (TPSA) is 66.9 Å². The van der Waals surface area contributed by atoms with E-state index in [1.54, 1.807) is 0 Å². The Balaban J connectivity index is 2.04. The monoisotopic (exact) mass is 256 g/mol. The quantitative estimate of drug-likeness (QED) is 0.882. The first-order chi connectivity index (χ1) is 9.17. The van der Waals surface area contributed by atoms with E-state index in [1.807, 2.05) is 44.2 Å². The number of carbonyl (C=O) groups is 1. The summed E-state index contributed by atoms with van der Waals surface area (Å²) in [5.41, 5.74) is 2.60. The van der Waals surface area contributed by atoms with Gasteiger partial charge in [-0.05, 0) is 31.2 Å². The molecule has 0 fully saturated rings. The van der Waals surface area contributed by atoms with Crippen LogP contribution in [0.15, 0.2) is 36.7 Å². The van der Waals surface area contributed by atoms with Gasteiger partial charge in [-0.15, -0.1) is 0 Å². The van der Waals surface area contributed by atoms with Gasteiger partial charge in [0.25, 0.3) is 0 Å². The molecule has 0 saturated heterocycles. The van der Waals surface area contributed by atoms with E-state index in [4.69, 9.17) is 0 Å². The smallest absolute Gasteiger partial charge is 0.224 e. The summed E-state index contributed by atoms with van der Waals surface area (Å²) in [5, 5.41) is 5.97. The fraction of sp³-hybridized carbons (Fsp3) is 0.214. The number of benzene rings is 1. The van der Waals surface area contributed by atoms with Crippen molar-refractivity contribution in [2.75, 3.05) is 10.6 Å². The predicted octanol–water partition coefficient (Wildman–Crippen LogP) is 2.88. The van der Waals surface area contributed by atoms with Gasteiger partial charge in [-0.3, -0.25) is 4.79 Å². The average Bonchev–Trinajstić information content (AvgIpc) is 2.41. The molecule has 19 heavy (non-hydrogen) atoms. The van der Waals surface area contributed by atoms with Crippen LogP contribution in [-0.4, -0.2) is 15.9 Å². The highest BCUT2D eigenvalue weighted by atomic mass is 16.1. The molecule has 5 heteroatoms. The SMILES string of the molecule is CCC(=O)Nc1ccc(Nc2cc(C)ncn2)cc1. The number of hydrogen-bond acceptors (Lipinski definition) is 4. The summed E-state index contributed by atoms with van der Waals surface area (Å²) in [6.07, 6.45) is 1.99. The lowest BCUT2D eigenvalue weighted by Gasteiger charge is -2.07. The third-order valence-electron chi connectivity index (χ3n) is 2.57. The molecule has 98 valence electrons. The molecule has 0 saturated carbocycles. The Morgan fingerprint density at radius 1 is 1.16 bits per heavy atom. The maximum absolute atomic E-state index is 11.3. The van der Waals surface area contributed by atoms with Gasteiger partial charge >= 0.3 is 0 Å². The molecule has 1 aromatic heterocycles. The van der Waals surface area contributed by atoms with Gasteiger partial charge in [-0.2, -0.15) is 0 Å². The molecule has 0 radical (unpaired) electrons. The fourth-order valence-electron chi connectivity index (χ4n) is 1.56. The first kappa shape index (κ1) is 13.0. The lowest BCUT2D eigenvalue weighted by molar-refractivity contribution is -0.115. The second kappa shape index (κ2) is 5.95. The van der Waals surface area contributed by atoms with Crippen LogP contribution in [0, 0.1) is 6.92 Å². The number of aryl methyl sites for hydroxylation is 1. The third-order valence-corrected chi connectivity index (χ3v) is 2.57. The third kappa shape index (κ3) is 3.77. The van der Waals surface area contributed by atoms with Gasteiger partial charge in [0.1, 0.15) is 12.1 Å². The number of aromatic nitrogens is 2. The molecule has 0 spiro atoms. The number of carbonyl (C=O) groups excluding carboxylic acids is 1. The number of nitrogens with one attached hydrogen (secondary N) is 2. The van der Waals surface area contributed by atoms with E-state index in [0.29, 0.717) is 6.42 Å². The van der Waals surface area contributed by atoms with E-state index >= 15 is 0 Å². The Labute approximate surface area is 112 Å². The molecule has 1 amide bonds. The first-order valence-electron chi connectivity index (χ1n) is 6.13. The fourth-order valence-corrected chi connectivity index (χ4v) is 1.56. The zero-order valence-electron chi connectivity index (χ0n) is 11.0. The van der Waals surface area contributed by atoms with Crippen molar-refractivity contribution in [1.29, 1.82) is 0 Å². The van der Waals surface area contributed by atoms with E-state index in [2.05, 4.69) is 20.6 Å². The summed E-state index contributed by atoms with van der Waals surface area (Å²) in [5.74, 6) is 0.755. The van der Waals surface area contributed by atoms with Gasteiger partial charge in [0.15, 0.2) is 0 Å². The summed E-state index contributed by atoms with van der Waals surface area (Å²) in [6.45, 7) is 3.74. The largest absolute Gasteiger partial charge is 0.340 e. The Morgan fingerprint density at radius 2 is 1.84 bits per heavy atom. The van der Waals surface area contributed by atoms with Crippen molar-refractivity contribution in [3.05, 3.63) is 42.4 Å². The Morgan fingerprint density at radius 3 is 2.47 bits per heavy atom. The molecular weight excluding hydrogens is 240 g/mol. The summed E-state index contributed by atoms with van der Waals surface area (Å²) < 4.78 is 0. The van der Waals surface area contributed by atoms with Gasteiger partial charge in [0.2, 0.25) is 5.91 Å². The number of hydrogen-bond donors (Lipinski definition) is 2. The van der Waals surface area contributed by atoms with E-state index in [0.717, 1.165) is 22.9 Å². The number of nitrogens with zero attached hydrogens (tertiary/aromatic N) is 2. The average molecular weight is 256 g/mol. The molecule has 2 aromatic rings. The van der Waals surface area contributed by atoms with Gasteiger partial charge in [-0.1, -0.05) is 6.92 Å². The van der Waals surface area contributed by atoms with Crippen molar-refractivity contribution in [2.24, 2.45) is 0 Å². The van der Waals surface area contributed by atoms with Crippen molar-refractivity contribution in [3.63, 3.8) is 0 Å². The minimum atomic E-state index is 0.00661. The molecule has 0 unspecified atom stereocenters. The highest BCUT2D eigenvalue weighted by Crippen LogP contribution is 2.17. The molecule has 0 aliphatic carbocycles. The van der Waals surface area contributed by atoms with Crippen LogP contribution in [0.25, 0.3) is 0 Å². The Kier molecular flexibility index (Phi) is 4.07. The van der Waals surface area contributed by atoms with Crippen molar-refractivity contribution < 1.29 is 4.79 Å². The normalized spacial score (nSPS) is 10.0. The second-order valence-corrected chi connectivity index (χ2v) is 4.15. The molecule has 0 bridgehead atoms. The molecule has 2 N–H and O–H groups in total. The molecule has 0 aliphatic rings. The van der Waals surface area contributed by atoms with Crippen LogP contribution >= 0.6 is 0 Å². The summed E-state index contributed by atoms with van der Waals surface area (Å²) in [7, 11) is 0. The summed E-state index contributed by atoms with van der Waals surface area (Å²) >= 11 is 0. The molecule has 0 atom stereocenters. The molecular formula is C14H16N4O. The van der Waals surface area contributed by atoms with Gasteiger partial charge in [-0.25, -0.2) is 9.97 Å². The van der Waals surface area contributed by atoms with Gasteiger partial charge in [0, 0.05) is 29.6 Å².